The normalized spacial score (nSPS) is 11.8. The highest BCUT2D eigenvalue weighted by atomic mass is 32.2. The summed E-state index contributed by atoms with van der Waals surface area (Å²) in [6.45, 7) is -3.19. The predicted octanol–water partition coefficient (Wildman–Crippen LogP) is 2.55. The van der Waals surface area contributed by atoms with Crippen molar-refractivity contribution in [3.05, 3.63) is 67.1 Å². The molecule has 0 saturated carbocycles. The molecule has 1 N–H and O–H groups in total. The van der Waals surface area contributed by atoms with Crippen LogP contribution in [0, 0.1) is 0 Å². The lowest BCUT2D eigenvalue weighted by Gasteiger charge is -2.13. The maximum atomic E-state index is 13.2. The second-order valence-electron chi connectivity index (χ2n) is 7.88. The summed E-state index contributed by atoms with van der Waals surface area (Å²) < 4.78 is 61.5. The van der Waals surface area contributed by atoms with Crippen LogP contribution in [0.2, 0.25) is 0 Å². The highest BCUT2D eigenvalue weighted by Crippen LogP contribution is 2.37. The third-order valence-electron chi connectivity index (χ3n) is 5.29. The van der Waals surface area contributed by atoms with Crippen molar-refractivity contribution < 1.29 is 26.7 Å². The molecule has 15 heteroatoms. The monoisotopic (exact) mass is 528 g/mol. The summed E-state index contributed by atoms with van der Waals surface area (Å²) in [6.07, 6.45) is 8.54. The third-order valence-corrected chi connectivity index (χ3v) is 6.93. The molecule has 0 atom stereocenters. The van der Waals surface area contributed by atoms with Crippen molar-refractivity contribution in [3.8, 4) is 17.0 Å². The lowest BCUT2D eigenvalue weighted by molar-refractivity contribution is -0.0494. The summed E-state index contributed by atoms with van der Waals surface area (Å²) in [5.74, 6) is -0.918. The van der Waals surface area contributed by atoms with Gasteiger partial charge in [-0.05, 0) is 24.3 Å². The largest absolute Gasteiger partial charge is 0.434 e. The minimum absolute atomic E-state index is 0.00834. The van der Waals surface area contributed by atoms with Crippen LogP contribution in [-0.4, -0.2) is 54.9 Å². The molecule has 0 aliphatic rings. The Morgan fingerprint density at radius 2 is 1.97 bits per heavy atom. The number of imidazole rings is 1. The average Bonchev–Trinajstić information content (AvgIpc) is 3.57. The summed E-state index contributed by atoms with van der Waals surface area (Å²) in [5, 5.41) is 10.8. The van der Waals surface area contributed by atoms with Gasteiger partial charge in [0.25, 0.3) is 5.91 Å². The van der Waals surface area contributed by atoms with Crippen molar-refractivity contribution in [2.24, 2.45) is 14.1 Å². The third kappa shape index (κ3) is 4.51. The first-order chi connectivity index (χ1) is 17.6. The molecule has 4 heterocycles. The molecule has 0 bridgehead atoms. The number of carbonyl (C=O) groups excluding carboxylic acids is 1. The van der Waals surface area contributed by atoms with Crippen molar-refractivity contribution in [2.75, 3.05) is 5.32 Å². The predicted molar refractivity (Wildman–Crippen MR) is 125 cm³/mol. The van der Waals surface area contributed by atoms with E-state index in [-0.39, 0.29) is 38.2 Å². The first-order valence-corrected chi connectivity index (χ1v) is 12.1. The van der Waals surface area contributed by atoms with Crippen molar-refractivity contribution in [1.82, 2.24) is 33.9 Å². The lowest BCUT2D eigenvalue weighted by atomic mass is 10.1. The van der Waals surface area contributed by atoms with E-state index in [0.717, 1.165) is 18.2 Å². The van der Waals surface area contributed by atoms with Crippen molar-refractivity contribution in [2.45, 2.75) is 16.5 Å². The first-order valence-electron chi connectivity index (χ1n) is 10.6. The van der Waals surface area contributed by atoms with Crippen LogP contribution in [0.25, 0.3) is 16.9 Å². The van der Waals surface area contributed by atoms with E-state index >= 15 is 0 Å². The van der Waals surface area contributed by atoms with Gasteiger partial charge in [0.15, 0.2) is 10.7 Å². The number of halogens is 2. The van der Waals surface area contributed by atoms with Crippen LogP contribution < -0.4 is 10.1 Å². The summed E-state index contributed by atoms with van der Waals surface area (Å²) in [5.41, 5.74) is 0.510. The molecule has 5 aromatic rings. The highest BCUT2D eigenvalue weighted by Gasteiger charge is 2.26. The summed E-state index contributed by atoms with van der Waals surface area (Å²) >= 11 is 0. The zero-order valence-corrected chi connectivity index (χ0v) is 20.1. The maximum absolute atomic E-state index is 13.2. The number of nitrogens with one attached hydrogen (secondary N) is 1. The number of hydrogen-bond acceptors (Lipinski definition) is 8. The van der Waals surface area contributed by atoms with Crippen molar-refractivity contribution >= 4 is 27.1 Å². The Balaban J connectivity index is 1.59. The molecule has 1 amide bonds. The fourth-order valence-electron chi connectivity index (χ4n) is 3.66. The Hall–Kier alpha value is -4.66. The first kappa shape index (κ1) is 24.1. The summed E-state index contributed by atoms with van der Waals surface area (Å²) in [7, 11) is -0.935. The van der Waals surface area contributed by atoms with Gasteiger partial charge >= 0.3 is 6.61 Å². The Bertz CT molecular complexity index is 1740. The number of carbonyl (C=O) groups is 1. The van der Waals surface area contributed by atoms with Gasteiger partial charge in [-0.2, -0.15) is 19.0 Å². The van der Waals surface area contributed by atoms with E-state index in [4.69, 9.17) is 0 Å². The molecule has 0 spiro atoms. The number of rotatable bonds is 7. The number of aryl methyl sites for hydroxylation is 2. The van der Waals surface area contributed by atoms with Crippen LogP contribution in [0.5, 0.6) is 5.75 Å². The zero-order valence-electron chi connectivity index (χ0n) is 19.3. The molecule has 0 aliphatic heterocycles. The fraction of sp³-hybridized carbons (Fsp3) is 0.136. The maximum Gasteiger partial charge on any atom is 0.387 e. The molecule has 0 saturated heterocycles. The van der Waals surface area contributed by atoms with Gasteiger partial charge in [0.1, 0.15) is 17.0 Å². The van der Waals surface area contributed by atoms with Crippen LogP contribution in [0.4, 0.5) is 14.5 Å². The van der Waals surface area contributed by atoms with Crippen molar-refractivity contribution in [3.63, 3.8) is 0 Å². The Morgan fingerprint density at radius 1 is 1.16 bits per heavy atom. The molecule has 0 fully saturated rings. The average molecular weight is 529 g/mol. The Morgan fingerprint density at radius 3 is 2.70 bits per heavy atom. The van der Waals surface area contributed by atoms with Crippen molar-refractivity contribution in [1.29, 1.82) is 0 Å². The number of benzene rings is 1. The molecule has 37 heavy (non-hydrogen) atoms. The van der Waals surface area contributed by atoms with E-state index in [9.17, 15) is 22.0 Å². The number of aromatic nitrogens is 7. The van der Waals surface area contributed by atoms with E-state index in [1.807, 2.05) is 0 Å². The van der Waals surface area contributed by atoms with Crippen LogP contribution in [0.15, 0.2) is 71.5 Å². The Labute approximate surface area is 208 Å². The number of nitrogens with zero attached hydrogens (tertiary/aromatic N) is 7. The molecular formula is C22H18F2N8O4S. The summed E-state index contributed by atoms with van der Waals surface area (Å²) in [4.78, 5) is 20.9. The van der Waals surface area contributed by atoms with Gasteiger partial charge in [-0.25, -0.2) is 22.9 Å². The number of ether oxygens (including phenoxy) is 1. The molecule has 0 aliphatic carbocycles. The molecule has 0 unspecified atom stereocenters. The number of fused-ring (bicyclic) bond motifs is 1. The minimum Gasteiger partial charge on any atom is -0.434 e. The van der Waals surface area contributed by atoms with Crippen LogP contribution in [-0.2, 0) is 23.9 Å². The topological polar surface area (TPSA) is 138 Å². The SMILES string of the molecule is Cn1cnc(S(=O)(=O)c2ccc(OC(F)F)c(-c3nn(C)cc3NC(=O)c3cnn4cccnc34)c2)c1. The quantitative estimate of drug-likeness (QED) is 0.340. The van der Waals surface area contributed by atoms with Gasteiger partial charge in [0.2, 0.25) is 9.84 Å². The van der Waals surface area contributed by atoms with Gasteiger partial charge in [0, 0.05) is 44.4 Å². The van der Waals surface area contributed by atoms with E-state index < -0.39 is 22.4 Å². The van der Waals surface area contributed by atoms with E-state index in [1.54, 1.807) is 26.4 Å². The second-order valence-corrected chi connectivity index (χ2v) is 9.78. The minimum atomic E-state index is -4.10. The number of alkyl halides is 2. The standard InChI is InChI=1S/C22H18F2N8O4S/c1-30-11-18(26-12-30)37(34,35)13-4-5-17(36-22(23)24)14(8-13)19-16(10-31(2)29-19)28-21(33)15-9-27-32-7-3-6-25-20(15)32/h3-12,22H,1-2H3,(H,28,33). The smallest absolute Gasteiger partial charge is 0.387 e. The number of hydrogen-bond donors (Lipinski definition) is 1. The van der Waals surface area contributed by atoms with Gasteiger partial charge in [-0.15, -0.1) is 0 Å². The number of amides is 1. The van der Waals surface area contributed by atoms with E-state index in [2.05, 4.69) is 30.2 Å². The number of sulfone groups is 1. The summed E-state index contributed by atoms with van der Waals surface area (Å²) in [6, 6.07) is 5.04. The molecular weight excluding hydrogens is 510 g/mol. The van der Waals surface area contributed by atoms with E-state index in [1.165, 1.54) is 44.9 Å². The fourth-order valence-corrected chi connectivity index (χ4v) is 4.92. The van der Waals surface area contributed by atoms with Crippen LogP contribution in [0.3, 0.4) is 0 Å². The zero-order chi connectivity index (χ0) is 26.3. The van der Waals surface area contributed by atoms with Gasteiger partial charge in [-0.1, -0.05) is 0 Å². The molecule has 0 radical (unpaired) electrons. The van der Waals surface area contributed by atoms with Gasteiger partial charge in [0.05, 0.1) is 23.1 Å². The molecule has 5 rings (SSSR count). The lowest BCUT2D eigenvalue weighted by Crippen LogP contribution is -2.12. The molecule has 190 valence electrons. The van der Waals surface area contributed by atoms with Crippen LogP contribution in [0.1, 0.15) is 10.4 Å². The van der Waals surface area contributed by atoms with E-state index in [0.29, 0.717) is 5.65 Å². The highest BCUT2D eigenvalue weighted by molar-refractivity contribution is 7.91. The molecule has 4 aromatic heterocycles. The van der Waals surface area contributed by atoms with Gasteiger partial charge < -0.3 is 14.6 Å². The van der Waals surface area contributed by atoms with Gasteiger partial charge in [-0.3, -0.25) is 9.48 Å². The Kier molecular flexibility index (Phi) is 5.91. The van der Waals surface area contributed by atoms with Crippen LogP contribution >= 0.6 is 0 Å². The second kappa shape index (κ2) is 9.09. The molecule has 1 aromatic carbocycles. The molecule has 12 nitrogen and oxygen atoms in total. The number of anilines is 1.